The Morgan fingerprint density at radius 1 is 0.958 bits per heavy atom. The van der Waals surface area contributed by atoms with E-state index in [-0.39, 0.29) is 12.5 Å². The fraction of sp³-hybridized carbons (Fsp3) is 0.857. The van der Waals surface area contributed by atoms with Crippen molar-refractivity contribution in [3.05, 3.63) is 12.2 Å². The van der Waals surface area contributed by atoms with Crippen LogP contribution in [0, 0.1) is 23.7 Å². The molecule has 0 aromatic rings. The van der Waals surface area contributed by atoms with Gasteiger partial charge in [0.2, 0.25) is 0 Å². The molecular formula is C21H34O3. The Balaban J connectivity index is 1.49. The topological polar surface area (TPSA) is 46.5 Å². The second-order valence-electron chi connectivity index (χ2n) is 8.04. The first-order valence-electron chi connectivity index (χ1n) is 10.2. The molecule has 136 valence electrons. The number of aliphatic hydroxyl groups excluding tert-OH is 1. The molecule has 3 rings (SSSR count). The van der Waals surface area contributed by atoms with Crippen LogP contribution in [0.1, 0.15) is 70.6 Å². The number of aliphatic hydroxyl groups is 1. The molecule has 3 heteroatoms. The van der Waals surface area contributed by atoms with E-state index in [0.717, 1.165) is 45.1 Å². The van der Waals surface area contributed by atoms with Crippen LogP contribution in [0.3, 0.4) is 0 Å². The molecule has 0 aromatic heterocycles. The van der Waals surface area contributed by atoms with Crippen molar-refractivity contribution in [2.24, 2.45) is 23.7 Å². The summed E-state index contributed by atoms with van der Waals surface area (Å²) >= 11 is 0. The Morgan fingerprint density at radius 3 is 2.46 bits per heavy atom. The van der Waals surface area contributed by atoms with Gasteiger partial charge in [0.25, 0.3) is 0 Å². The summed E-state index contributed by atoms with van der Waals surface area (Å²) in [6.45, 7) is 1.09. The molecule has 0 heterocycles. The minimum absolute atomic E-state index is 0.284. The number of Topliss-reactive ketones (excluding diaryl/α,β-unsaturated/α-hetero) is 1. The monoisotopic (exact) mass is 334 g/mol. The summed E-state index contributed by atoms with van der Waals surface area (Å²) in [7, 11) is 0. The SMILES string of the molecule is O=C1[C@H]2CC[C@@H]1[C@H](COC1CCCCC1)[C@@H]2CC=CCCCCO. The van der Waals surface area contributed by atoms with Crippen molar-refractivity contribution in [3.63, 3.8) is 0 Å². The van der Waals surface area contributed by atoms with E-state index in [2.05, 4.69) is 12.2 Å². The first kappa shape index (κ1) is 18.1. The fourth-order valence-corrected chi connectivity index (χ4v) is 5.17. The van der Waals surface area contributed by atoms with Crippen LogP contribution in [-0.2, 0) is 9.53 Å². The maximum Gasteiger partial charge on any atom is 0.139 e. The van der Waals surface area contributed by atoms with Crippen LogP contribution >= 0.6 is 0 Å². The molecule has 0 amide bonds. The minimum Gasteiger partial charge on any atom is -0.396 e. The lowest BCUT2D eigenvalue weighted by Gasteiger charge is -2.31. The van der Waals surface area contributed by atoms with Crippen LogP contribution in [0.25, 0.3) is 0 Å². The molecule has 1 N–H and O–H groups in total. The average molecular weight is 335 g/mol. The molecule has 3 aliphatic carbocycles. The highest BCUT2D eigenvalue weighted by Crippen LogP contribution is 2.51. The van der Waals surface area contributed by atoms with Crippen LogP contribution in [0.2, 0.25) is 0 Å². The van der Waals surface area contributed by atoms with E-state index < -0.39 is 0 Å². The van der Waals surface area contributed by atoms with Crippen LogP contribution in [0.15, 0.2) is 12.2 Å². The molecule has 0 aliphatic heterocycles. The van der Waals surface area contributed by atoms with Gasteiger partial charge in [0.05, 0.1) is 12.7 Å². The summed E-state index contributed by atoms with van der Waals surface area (Å²) in [6.07, 6.45) is 17.6. The summed E-state index contributed by atoms with van der Waals surface area (Å²) in [6, 6.07) is 0. The van der Waals surface area contributed by atoms with Gasteiger partial charge in [0.15, 0.2) is 0 Å². The smallest absolute Gasteiger partial charge is 0.139 e. The number of hydrogen-bond donors (Lipinski definition) is 1. The van der Waals surface area contributed by atoms with Crippen molar-refractivity contribution in [1.29, 1.82) is 0 Å². The summed E-state index contributed by atoms with van der Waals surface area (Å²) < 4.78 is 6.25. The predicted octanol–water partition coefficient (Wildman–Crippen LogP) is 4.29. The highest BCUT2D eigenvalue weighted by Gasteiger charge is 2.53. The summed E-state index contributed by atoms with van der Waals surface area (Å²) in [5, 5.41) is 8.82. The first-order chi connectivity index (χ1) is 11.8. The van der Waals surface area contributed by atoms with Crippen molar-refractivity contribution in [1.82, 2.24) is 0 Å². The molecule has 0 aromatic carbocycles. The zero-order chi connectivity index (χ0) is 16.8. The number of carbonyl (C=O) groups is 1. The number of carbonyl (C=O) groups excluding carboxylic acids is 1. The molecule has 2 bridgehead atoms. The standard InChI is InChI=1S/C21H34O3/c22-14-8-3-1-2-7-11-17-18-12-13-19(21(18)23)20(17)15-24-16-9-5-4-6-10-16/h2,7,16-20,22H,1,3-6,8-15H2/t17-,18+,19-,20-/m1/s1. The lowest BCUT2D eigenvalue weighted by atomic mass is 9.78. The lowest BCUT2D eigenvalue weighted by molar-refractivity contribution is -0.122. The molecule has 3 nitrogen and oxygen atoms in total. The molecule has 3 fully saturated rings. The zero-order valence-corrected chi connectivity index (χ0v) is 15.0. The van der Waals surface area contributed by atoms with Gasteiger partial charge in [0.1, 0.15) is 5.78 Å². The largest absolute Gasteiger partial charge is 0.396 e. The molecule has 0 saturated heterocycles. The zero-order valence-electron chi connectivity index (χ0n) is 15.0. The Hall–Kier alpha value is -0.670. The summed E-state index contributed by atoms with van der Waals surface area (Å²) in [5.74, 6) is 2.09. The molecule has 0 radical (unpaired) electrons. The number of ketones is 1. The van der Waals surface area contributed by atoms with E-state index in [1.54, 1.807) is 0 Å². The van der Waals surface area contributed by atoms with Gasteiger partial charge in [0, 0.05) is 18.4 Å². The van der Waals surface area contributed by atoms with E-state index in [1.165, 1.54) is 32.1 Å². The number of fused-ring (bicyclic) bond motifs is 2. The van der Waals surface area contributed by atoms with E-state index in [4.69, 9.17) is 9.84 Å². The highest BCUT2D eigenvalue weighted by atomic mass is 16.5. The van der Waals surface area contributed by atoms with E-state index in [9.17, 15) is 4.79 Å². The fourth-order valence-electron chi connectivity index (χ4n) is 5.17. The quantitative estimate of drug-likeness (QED) is 0.505. The molecule has 24 heavy (non-hydrogen) atoms. The molecule has 4 atom stereocenters. The molecular weight excluding hydrogens is 300 g/mol. The lowest BCUT2D eigenvalue weighted by Crippen LogP contribution is -2.29. The Bertz CT molecular complexity index is 425. The molecule has 0 unspecified atom stereocenters. The molecule has 3 aliphatic rings. The van der Waals surface area contributed by atoms with Gasteiger partial charge in [-0.3, -0.25) is 4.79 Å². The Labute approximate surface area is 146 Å². The first-order valence-corrected chi connectivity index (χ1v) is 10.2. The van der Waals surface area contributed by atoms with Gasteiger partial charge >= 0.3 is 0 Å². The number of ether oxygens (including phenoxy) is 1. The number of rotatable bonds is 9. The average Bonchev–Trinajstić information content (AvgIpc) is 3.10. The van der Waals surface area contributed by atoms with Crippen molar-refractivity contribution < 1.29 is 14.6 Å². The third-order valence-electron chi connectivity index (χ3n) is 6.53. The molecule has 3 saturated carbocycles. The number of hydrogen-bond acceptors (Lipinski definition) is 3. The molecule has 0 spiro atoms. The van der Waals surface area contributed by atoms with Gasteiger partial charge < -0.3 is 9.84 Å². The van der Waals surface area contributed by atoms with E-state index in [0.29, 0.717) is 29.6 Å². The van der Waals surface area contributed by atoms with Gasteiger partial charge in [-0.2, -0.15) is 0 Å². The van der Waals surface area contributed by atoms with E-state index in [1.807, 2.05) is 0 Å². The summed E-state index contributed by atoms with van der Waals surface area (Å²) in [5.41, 5.74) is 0. The number of unbranched alkanes of at least 4 members (excludes halogenated alkanes) is 2. The van der Waals surface area contributed by atoms with Crippen molar-refractivity contribution in [2.75, 3.05) is 13.2 Å². The van der Waals surface area contributed by atoms with Crippen molar-refractivity contribution >= 4 is 5.78 Å². The predicted molar refractivity (Wildman–Crippen MR) is 95.7 cm³/mol. The Kier molecular flexibility index (Phi) is 6.91. The van der Waals surface area contributed by atoms with Crippen molar-refractivity contribution in [3.8, 4) is 0 Å². The van der Waals surface area contributed by atoms with Gasteiger partial charge in [-0.05, 0) is 63.2 Å². The second kappa shape index (κ2) is 9.15. The Morgan fingerprint density at radius 2 is 1.71 bits per heavy atom. The second-order valence-corrected chi connectivity index (χ2v) is 8.04. The minimum atomic E-state index is 0.284. The summed E-state index contributed by atoms with van der Waals surface area (Å²) in [4.78, 5) is 12.5. The normalized spacial score (nSPS) is 33.8. The van der Waals surface area contributed by atoms with Crippen molar-refractivity contribution in [2.45, 2.75) is 76.7 Å². The van der Waals surface area contributed by atoms with Gasteiger partial charge in [-0.15, -0.1) is 0 Å². The maximum absolute atomic E-state index is 12.5. The van der Waals surface area contributed by atoms with Crippen LogP contribution in [-0.4, -0.2) is 30.2 Å². The van der Waals surface area contributed by atoms with Gasteiger partial charge in [-0.1, -0.05) is 31.4 Å². The van der Waals surface area contributed by atoms with Crippen LogP contribution in [0.4, 0.5) is 0 Å². The van der Waals surface area contributed by atoms with Gasteiger partial charge in [-0.25, -0.2) is 0 Å². The number of allylic oxidation sites excluding steroid dienone is 2. The van der Waals surface area contributed by atoms with Crippen LogP contribution in [0.5, 0.6) is 0 Å². The third kappa shape index (κ3) is 4.29. The van der Waals surface area contributed by atoms with E-state index >= 15 is 0 Å². The highest BCUT2D eigenvalue weighted by molar-refractivity contribution is 5.88. The third-order valence-corrected chi connectivity index (χ3v) is 6.53. The maximum atomic E-state index is 12.5. The van der Waals surface area contributed by atoms with Crippen LogP contribution < -0.4 is 0 Å².